The first-order valence-corrected chi connectivity index (χ1v) is 7.98. The molecule has 23 heavy (non-hydrogen) atoms. The molecular formula is C18H24N4O. The number of amides is 1. The lowest BCUT2D eigenvalue weighted by Crippen LogP contribution is -2.32. The highest BCUT2D eigenvalue weighted by atomic mass is 16.1. The number of carbonyl (C=O) groups is 1. The third-order valence-electron chi connectivity index (χ3n) is 3.48. The van der Waals surface area contributed by atoms with Crippen molar-refractivity contribution in [2.45, 2.75) is 46.6 Å². The third kappa shape index (κ3) is 5.06. The molecule has 0 aliphatic carbocycles. The molecule has 0 aliphatic rings. The summed E-state index contributed by atoms with van der Waals surface area (Å²) in [5.74, 6) is 0.524. The van der Waals surface area contributed by atoms with Crippen molar-refractivity contribution in [3.8, 4) is 0 Å². The number of rotatable bonds is 6. The Labute approximate surface area is 137 Å². The molecule has 5 nitrogen and oxygen atoms in total. The van der Waals surface area contributed by atoms with Crippen molar-refractivity contribution in [3.63, 3.8) is 0 Å². The minimum atomic E-state index is -0.0415. The second kappa shape index (κ2) is 7.72. The summed E-state index contributed by atoms with van der Waals surface area (Å²) in [7, 11) is 0. The highest BCUT2D eigenvalue weighted by molar-refractivity contribution is 5.94. The number of hydrogen-bond acceptors (Lipinski definition) is 4. The zero-order valence-electron chi connectivity index (χ0n) is 14.2. The summed E-state index contributed by atoms with van der Waals surface area (Å²) < 4.78 is 0. The van der Waals surface area contributed by atoms with Gasteiger partial charge in [-0.3, -0.25) is 4.79 Å². The van der Waals surface area contributed by atoms with Crippen LogP contribution in [0.2, 0.25) is 0 Å². The Hall–Kier alpha value is -2.43. The van der Waals surface area contributed by atoms with E-state index in [1.165, 1.54) is 0 Å². The van der Waals surface area contributed by atoms with Gasteiger partial charge >= 0.3 is 0 Å². The van der Waals surface area contributed by atoms with Gasteiger partial charge in [-0.25, -0.2) is 9.97 Å². The lowest BCUT2D eigenvalue weighted by atomic mass is 10.1. The van der Waals surface area contributed by atoms with Gasteiger partial charge in [0, 0.05) is 28.7 Å². The molecule has 2 N–H and O–H groups in total. The number of nitrogens with zero attached hydrogens (tertiary/aromatic N) is 2. The molecule has 0 radical (unpaired) electrons. The summed E-state index contributed by atoms with van der Waals surface area (Å²) in [5, 5.41) is 6.16. The smallest absolute Gasteiger partial charge is 0.251 e. The molecule has 1 aromatic carbocycles. The van der Waals surface area contributed by atoms with Crippen molar-refractivity contribution in [3.05, 3.63) is 47.3 Å². The number of benzene rings is 1. The number of hydrogen-bond donors (Lipinski definition) is 2. The molecular weight excluding hydrogens is 288 g/mol. The molecule has 0 unspecified atom stereocenters. The molecule has 0 saturated carbocycles. The van der Waals surface area contributed by atoms with Crippen LogP contribution in [0, 0.1) is 13.8 Å². The molecule has 5 heteroatoms. The van der Waals surface area contributed by atoms with Crippen LogP contribution in [-0.4, -0.2) is 21.9 Å². The summed E-state index contributed by atoms with van der Waals surface area (Å²) in [6, 6.07) is 9.45. The van der Waals surface area contributed by atoms with Crippen LogP contribution in [0.3, 0.4) is 0 Å². The molecule has 2 rings (SSSR count). The lowest BCUT2D eigenvalue weighted by molar-refractivity contribution is 0.0938. The van der Waals surface area contributed by atoms with E-state index in [4.69, 9.17) is 0 Å². The average Bonchev–Trinajstić information content (AvgIpc) is 2.47. The lowest BCUT2D eigenvalue weighted by Gasteiger charge is -2.13. The van der Waals surface area contributed by atoms with Gasteiger partial charge in [-0.2, -0.15) is 0 Å². The van der Waals surface area contributed by atoms with E-state index < -0.39 is 0 Å². The Balaban J connectivity index is 2.03. The van der Waals surface area contributed by atoms with Gasteiger partial charge in [0.15, 0.2) is 0 Å². The quantitative estimate of drug-likeness (QED) is 0.852. The minimum absolute atomic E-state index is 0.0415. The van der Waals surface area contributed by atoms with E-state index in [1.54, 1.807) is 12.1 Å². The molecule has 1 atom stereocenters. The molecule has 0 bridgehead atoms. The maximum absolute atomic E-state index is 12.1. The highest BCUT2D eigenvalue weighted by Crippen LogP contribution is 2.15. The van der Waals surface area contributed by atoms with Crippen molar-refractivity contribution < 1.29 is 4.79 Å². The van der Waals surface area contributed by atoms with Crippen molar-refractivity contribution >= 4 is 17.5 Å². The number of nitrogens with one attached hydrogen (secondary N) is 2. The van der Waals surface area contributed by atoms with E-state index in [0.29, 0.717) is 11.5 Å². The van der Waals surface area contributed by atoms with E-state index in [0.717, 1.165) is 29.9 Å². The Morgan fingerprint density at radius 3 is 2.30 bits per heavy atom. The summed E-state index contributed by atoms with van der Waals surface area (Å²) in [6.45, 7) is 8.00. The molecule has 0 spiro atoms. The van der Waals surface area contributed by atoms with Crippen molar-refractivity contribution in [1.82, 2.24) is 15.3 Å². The van der Waals surface area contributed by atoms with E-state index in [1.807, 2.05) is 39.0 Å². The van der Waals surface area contributed by atoms with Crippen molar-refractivity contribution in [2.75, 3.05) is 5.32 Å². The van der Waals surface area contributed by atoms with Gasteiger partial charge in [0.2, 0.25) is 5.95 Å². The van der Waals surface area contributed by atoms with Crippen LogP contribution in [-0.2, 0) is 0 Å². The van der Waals surface area contributed by atoms with Gasteiger partial charge in [-0.1, -0.05) is 13.3 Å². The number of carbonyl (C=O) groups excluding carboxylic acids is 1. The van der Waals surface area contributed by atoms with Crippen LogP contribution >= 0.6 is 0 Å². The molecule has 2 aromatic rings. The van der Waals surface area contributed by atoms with Gasteiger partial charge < -0.3 is 10.6 Å². The van der Waals surface area contributed by atoms with Gasteiger partial charge in [-0.05, 0) is 57.5 Å². The Morgan fingerprint density at radius 1 is 1.13 bits per heavy atom. The zero-order valence-corrected chi connectivity index (χ0v) is 14.2. The second-order valence-corrected chi connectivity index (χ2v) is 5.84. The van der Waals surface area contributed by atoms with E-state index in [2.05, 4.69) is 27.5 Å². The summed E-state index contributed by atoms with van der Waals surface area (Å²) in [6.07, 6.45) is 2.04. The van der Waals surface area contributed by atoms with Gasteiger partial charge in [0.25, 0.3) is 5.91 Å². The van der Waals surface area contributed by atoms with Crippen LogP contribution in [0.25, 0.3) is 0 Å². The molecule has 1 aromatic heterocycles. The van der Waals surface area contributed by atoms with Gasteiger partial charge in [0.1, 0.15) is 0 Å². The Morgan fingerprint density at radius 2 is 1.74 bits per heavy atom. The molecule has 0 fully saturated rings. The fourth-order valence-electron chi connectivity index (χ4n) is 2.43. The van der Waals surface area contributed by atoms with Gasteiger partial charge in [0.05, 0.1) is 0 Å². The normalized spacial score (nSPS) is 11.8. The summed E-state index contributed by atoms with van der Waals surface area (Å²) >= 11 is 0. The first-order chi connectivity index (χ1) is 11.0. The van der Waals surface area contributed by atoms with Crippen molar-refractivity contribution in [1.29, 1.82) is 0 Å². The number of aromatic nitrogens is 2. The van der Waals surface area contributed by atoms with E-state index in [9.17, 15) is 4.79 Å². The van der Waals surface area contributed by atoms with Crippen LogP contribution in [0.1, 0.15) is 48.4 Å². The first-order valence-electron chi connectivity index (χ1n) is 7.98. The van der Waals surface area contributed by atoms with Gasteiger partial charge in [-0.15, -0.1) is 0 Å². The predicted octanol–water partition coefficient (Wildman–Crippen LogP) is 3.76. The van der Waals surface area contributed by atoms with Crippen LogP contribution in [0.5, 0.6) is 0 Å². The Bertz CT molecular complexity index is 647. The van der Waals surface area contributed by atoms with E-state index in [-0.39, 0.29) is 11.9 Å². The number of anilines is 2. The highest BCUT2D eigenvalue weighted by Gasteiger charge is 2.09. The molecule has 0 aliphatic heterocycles. The maximum Gasteiger partial charge on any atom is 0.251 e. The maximum atomic E-state index is 12.1. The second-order valence-electron chi connectivity index (χ2n) is 5.84. The zero-order chi connectivity index (χ0) is 16.8. The summed E-state index contributed by atoms with van der Waals surface area (Å²) in [4.78, 5) is 20.8. The SMILES string of the molecule is CCC[C@H](C)NC(=O)c1ccc(Nc2nc(C)cc(C)n2)cc1. The van der Waals surface area contributed by atoms with Crippen LogP contribution in [0.4, 0.5) is 11.6 Å². The molecule has 1 heterocycles. The van der Waals surface area contributed by atoms with E-state index >= 15 is 0 Å². The minimum Gasteiger partial charge on any atom is -0.350 e. The molecule has 0 saturated heterocycles. The first kappa shape index (κ1) is 16.9. The van der Waals surface area contributed by atoms with Crippen LogP contribution < -0.4 is 10.6 Å². The molecule has 1 amide bonds. The molecule has 122 valence electrons. The van der Waals surface area contributed by atoms with Crippen LogP contribution in [0.15, 0.2) is 30.3 Å². The standard InChI is InChI=1S/C18H24N4O/c1-5-6-12(2)19-17(23)15-7-9-16(10-8-15)22-18-20-13(3)11-14(4)21-18/h7-12H,5-6H2,1-4H3,(H,19,23)(H,20,21,22)/t12-/m0/s1. The third-order valence-corrected chi connectivity index (χ3v) is 3.48. The van der Waals surface area contributed by atoms with Crippen molar-refractivity contribution in [2.24, 2.45) is 0 Å². The number of aryl methyl sites for hydroxylation is 2. The summed E-state index contributed by atoms with van der Waals surface area (Å²) in [5.41, 5.74) is 3.34. The monoisotopic (exact) mass is 312 g/mol. The topological polar surface area (TPSA) is 66.9 Å². The average molecular weight is 312 g/mol. The predicted molar refractivity (Wildman–Crippen MR) is 93.1 cm³/mol. The fraction of sp³-hybridized carbons (Fsp3) is 0.389. The largest absolute Gasteiger partial charge is 0.350 e. The fourth-order valence-corrected chi connectivity index (χ4v) is 2.43. The Kier molecular flexibility index (Phi) is 5.68.